The van der Waals surface area contributed by atoms with Crippen molar-refractivity contribution in [2.24, 2.45) is 0 Å². The summed E-state index contributed by atoms with van der Waals surface area (Å²) in [6, 6.07) is 13.9. The van der Waals surface area contributed by atoms with E-state index in [-0.39, 0.29) is 15.8 Å². The van der Waals surface area contributed by atoms with Crippen LogP contribution in [-0.2, 0) is 9.53 Å². The molecule has 0 bridgehead atoms. The van der Waals surface area contributed by atoms with Crippen LogP contribution in [0.2, 0.25) is 5.02 Å². The second-order valence-electron chi connectivity index (χ2n) is 6.08. The van der Waals surface area contributed by atoms with Gasteiger partial charge in [-0.3, -0.25) is 4.79 Å². The van der Waals surface area contributed by atoms with E-state index < -0.39 is 24.3 Å². The number of ether oxygens (including phenoxy) is 1. The van der Waals surface area contributed by atoms with Gasteiger partial charge in [-0.2, -0.15) is 0 Å². The number of esters is 1. The van der Waals surface area contributed by atoms with E-state index in [9.17, 15) is 14.0 Å². The fraction of sp³-hybridized carbons (Fsp3) is 0.200. The molecule has 1 N–H and O–H groups in total. The first-order valence-corrected chi connectivity index (χ1v) is 9.51. The highest BCUT2D eigenvalue weighted by molar-refractivity contribution is 7.21. The number of halogens is 2. The van der Waals surface area contributed by atoms with Crippen molar-refractivity contribution in [1.29, 1.82) is 0 Å². The molecule has 0 radical (unpaired) electrons. The Morgan fingerprint density at radius 3 is 2.70 bits per heavy atom. The van der Waals surface area contributed by atoms with Gasteiger partial charge in [0.05, 0.1) is 5.02 Å². The Balaban J connectivity index is 1.54. The molecule has 0 aliphatic carbocycles. The van der Waals surface area contributed by atoms with Crippen LogP contribution >= 0.6 is 22.9 Å². The molecule has 1 aromatic heterocycles. The first-order valence-electron chi connectivity index (χ1n) is 8.32. The number of benzene rings is 2. The molecule has 0 saturated carbocycles. The predicted octanol–water partition coefficient (Wildman–Crippen LogP) is 4.77. The molecular formula is C20H17ClFNO3S. The van der Waals surface area contributed by atoms with Crippen molar-refractivity contribution in [3.05, 3.63) is 69.8 Å². The number of fused-ring (bicyclic) bond motifs is 1. The van der Waals surface area contributed by atoms with Gasteiger partial charge < -0.3 is 10.1 Å². The van der Waals surface area contributed by atoms with Crippen LogP contribution in [0.5, 0.6) is 0 Å². The smallest absolute Gasteiger partial charge is 0.350 e. The summed E-state index contributed by atoms with van der Waals surface area (Å²) in [5, 5.41) is 3.53. The summed E-state index contributed by atoms with van der Waals surface area (Å²) < 4.78 is 18.9. The first kappa shape index (κ1) is 19.3. The van der Waals surface area contributed by atoms with E-state index in [1.165, 1.54) is 18.2 Å². The minimum absolute atomic E-state index is 0.137. The van der Waals surface area contributed by atoms with Crippen LogP contribution in [0.3, 0.4) is 0 Å². The molecule has 2 aromatic carbocycles. The summed E-state index contributed by atoms with van der Waals surface area (Å²) in [6.07, 6.45) is 0. The lowest BCUT2D eigenvalue weighted by molar-refractivity contribution is -0.124. The number of nitrogens with one attached hydrogen (secondary N) is 1. The standard InChI is InChI=1S/C20H17ClFNO3S/c1-12(13-5-3-2-4-6-13)10-23-17(24)11-26-20(25)19-18(21)15-8-7-14(22)9-16(15)27-19/h2-9,12H,10-11H2,1H3,(H,23,24)/t12-/m0/s1. The monoisotopic (exact) mass is 405 g/mol. The number of hydrogen-bond acceptors (Lipinski definition) is 4. The van der Waals surface area contributed by atoms with E-state index in [4.69, 9.17) is 16.3 Å². The summed E-state index contributed by atoms with van der Waals surface area (Å²) in [4.78, 5) is 24.3. The van der Waals surface area contributed by atoms with Gasteiger partial charge in [0.15, 0.2) is 6.61 Å². The van der Waals surface area contributed by atoms with Crippen molar-refractivity contribution in [2.75, 3.05) is 13.2 Å². The maximum absolute atomic E-state index is 13.3. The second kappa shape index (κ2) is 8.50. The zero-order valence-corrected chi connectivity index (χ0v) is 16.1. The van der Waals surface area contributed by atoms with E-state index in [0.717, 1.165) is 16.9 Å². The van der Waals surface area contributed by atoms with Crippen molar-refractivity contribution >= 4 is 44.9 Å². The molecule has 1 atom stereocenters. The third kappa shape index (κ3) is 4.64. The van der Waals surface area contributed by atoms with Crippen LogP contribution in [-0.4, -0.2) is 25.0 Å². The molecule has 3 rings (SSSR count). The van der Waals surface area contributed by atoms with Crippen LogP contribution in [0, 0.1) is 5.82 Å². The number of carbonyl (C=O) groups is 2. The summed E-state index contributed by atoms with van der Waals surface area (Å²) in [6.45, 7) is 2.03. The van der Waals surface area contributed by atoms with Crippen molar-refractivity contribution in [1.82, 2.24) is 5.32 Å². The Labute approximate surface area is 164 Å². The number of rotatable bonds is 6. The van der Waals surface area contributed by atoms with Crippen LogP contribution in [0.25, 0.3) is 10.1 Å². The SMILES string of the molecule is C[C@@H](CNC(=O)COC(=O)c1sc2cc(F)ccc2c1Cl)c1ccccc1. The number of hydrogen-bond donors (Lipinski definition) is 1. The molecule has 0 aliphatic rings. The van der Waals surface area contributed by atoms with Gasteiger partial charge >= 0.3 is 5.97 Å². The molecule has 0 spiro atoms. The average molecular weight is 406 g/mol. The minimum Gasteiger partial charge on any atom is -0.451 e. The molecule has 0 saturated heterocycles. The lowest BCUT2D eigenvalue weighted by Gasteiger charge is -2.13. The normalized spacial score (nSPS) is 12.0. The molecular weight excluding hydrogens is 389 g/mol. The van der Waals surface area contributed by atoms with E-state index in [2.05, 4.69) is 5.32 Å². The van der Waals surface area contributed by atoms with Crippen LogP contribution in [0.1, 0.15) is 28.1 Å². The number of carbonyl (C=O) groups excluding carboxylic acids is 2. The van der Waals surface area contributed by atoms with Crippen molar-refractivity contribution in [2.45, 2.75) is 12.8 Å². The first-order chi connectivity index (χ1) is 13.0. The fourth-order valence-electron chi connectivity index (χ4n) is 2.58. The Bertz CT molecular complexity index is 974. The summed E-state index contributed by atoms with van der Waals surface area (Å²) >= 11 is 7.21. The highest BCUT2D eigenvalue weighted by atomic mass is 35.5. The molecule has 7 heteroatoms. The maximum atomic E-state index is 13.3. The van der Waals surface area contributed by atoms with Gasteiger partial charge in [-0.15, -0.1) is 11.3 Å². The van der Waals surface area contributed by atoms with E-state index in [1.807, 2.05) is 37.3 Å². The molecule has 1 amide bonds. The second-order valence-corrected chi connectivity index (χ2v) is 7.51. The van der Waals surface area contributed by atoms with Crippen LogP contribution in [0.4, 0.5) is 4.39 Å². The molecule has 0 fully saturated rings. The van der Waals surface area contributed by atoms with Crippen LogP contribution in [0.15, 0.2) is 48.5 Å². The van der Waals surface area contributed by atoms with Crippen LogP contribution < -0.4 is 5.32 Å². The van der Waals surface area contributed by atoms with Crippen molar-refractivity contribution in [3.63, 3.8) is 0 Å². The zero-order valence-electron chi connectivity index (χ0n) is 14.5. The Morgan fingerprint density at radius 1 is 1.22 bits per heavy atom. The largest absolute Gasteiger partial charge is 0.451 e. The van der Waals surface area contributed by atoms with E-state index >= 15 is 0 Å². The Kier molecular flexibility index (Phi) is 6.08. The van der Waals surface area contributed by atoms with Gasteiger partial charge in [0.2, 0.25) is 0 Å². The number of thiophene rings is 1. The fourth-order valence-corrected chi connectivity index (χ4v) is 4.01. The molecule has 0 unspecified atom stereocenters. The molecule has 1 heterocycles. The van der Waals surface area contributed by atoms with Crippen molar-refractivity contribution in [3.8, 4) is 0 Å². The van der Waals surface area contributed by atoms with Gasteiger partial charge in [-0.1, -0.05) is 48.9 Å². The molecule has 3 aromatic rings. The lowest BCUT2D eigenvalue weighted by Crippen LogP contribution is -2.31. The zero-order chi connectivity index (χ0) is 19.4. The predicted molar refractivity (Wildman–Crippen MR) is 105 cm³/mol. The highest BCUT2D eigenvalue weighted by Gasteiger charge is 2.20. The third-order valence-electron chi connectivity index (χ3n) is 4.09. The average Bonchev–Trinajstić information content (AvgIpc) is 3.00. The van der Waals surface area contributed by atoms with Gasteiger partial charge in [-0.05, 0) is 29.7 Å². The summed E-state index contributed by atoms with van der Waals surface area (Å²) in [5.74, 6) is -1.37. The molecule has 0 aliphatic heterocycles. The summed E-state index contributed by atoms with van der Waals surface area (Å²) in [7, 11) is 0. The Hall–Kier alpha value is -2.44. The van der Waals surface area contributed by atoms with Crippen molar-refractivity contribution < 1.29 is 18.7 Å². The third-order valence-corrected chi connectivity index (χ3v) is 5.72. The highest BCUT2D eigenvalue weighted by Crippen LogP contribution is 2.36. The quantitative estimate of drug-likeness (QED) is 0.601. The van der Waals surface area contributed by atoms with Gasteiger partial charge in [0, 0.05) is 16.6 Å². The number of amides is 1. The topological polar surface area (TPSA) is 55.4 Å². The van der Waals surface area contributed by atoms with E-state index in [1.54, 1.807) is 0 Å². The Morgan fingerprint density at radius 2 is 1.96 bits per heavy atom. The van der Waals surface area contributed by atoms with Gasteiger partial charge in [0.1, 0.15) is 10.7 Å². The van der Waals surface area contributed by atoms with E-state index in [0.29, 0.717) is 16.6 Å². The molecule has 27 heavy (non-hydrogen) atoms. The minimum atomic E-state index is -0.701. The molecule has 140 valence electrons. The van der Waals surface area contributed by atoms with Gasteiger partial charge in [-0.25, -0.2) is 9.18 Å². The molecule has 4 nitrogen and oxygen atoms in total. The summed E-state index contributed by atoms with van der Waals surface area (Å²) in [5.41, 5.74) is 1.11. The maximum Gasteiger partial charge on any atom is 0.350 e. The van der Waals surface area contributed by atoms with Gasteiger partial charge in [0.25, 0.3) is 5.91 Å². The lowest BCUT2D eigenvalue weighted by atomic mass is 10.0.